The average Bonchev–Trinajstić information content (AvgIpc) is 3.05. The van der Waals surface area contributed by atoms with Crippen molar-refractivity contribution >= 4 is 35.2 Å². The summed E-state index contributed by atoms with van der Waals surface area (Å²) in [5.41, 5.74) is 1.31. The lowest BCUT2D eigenvalue weighted by molar-refractivity contribution is 0.0694. The molecule has 0 spiro atoms. The van der Waals surface area contributed by atoms with Crippen LogP contribution in [0.1, 0.15) is 22.8 Å². The van der Waals surface area contributed by atoms with Crippen molar-refractivity contribution in [2.75, 3.05) is 56.0 Å². The average molecular weight is 631 g/mol. The minimum atomic E-state index is -1.25. The fourth-order valence-corrected chi connectivity index (χ4v) is 5.09. The number of carbonyl (C=O) groups is 2. The Bertz CT molecular complexity index is 1720. The van der Waals surface area contributed by atoms with Crippen molar-refractivity contribution in [3.8, 4) is 17.2 Å². The van der Waals surface area contributed by atoms with E-state index in [0.29, 0.717) is 41.0 Å². The number of piperazine rings is 1. The topological polar surface area (TPSA) is 130 Å². The summed E-state index contributed by atoms with van der Waals surface area (Å²) in [4.78, 5) is 39.7. The van der Waals surface area contributed by atoms with E-state index in [1.54, 1.807) is 36.4 Å². The molecule has 240 valence electrons. The number of amides is 1. The zero-order valence-electron chi connectivity index (χ0n) is 25.9. The predicted octanol–water partition coefficient (Wildman–Crippen LogP) is 5.42. The highest BCUT2D eigenvalue weighted by Crippen LogP contribution is 2.30. The molecule has 1 aliphatic rings. The molecule has 1 aliphatic heterocycles. The number of aromatic nitrogens is 2. The van der Waals surface area contributed by atoms with Crippen LogP contribution in [0.2, 0.25) is 0 Å². The van der Waals surface area contributed by atoms with Crippen LogP contribution < -0.4 is 29.3 Å². The van der Waals surface area contributed by atoms with E-state index in [2.05, 4.69) is 34.2 Å². The van der Waals surface area contributed by atoms with E-state index in [1.807, 2.05) is 4.90 Å². The quantitative estimate of drug-likeness (QED) is 0.233. The Morgan fingerprint density at radius 2 is 1.85 bits per heavy atom. The van der Waals surface area contributed by atoms with Crippen molar-refractivity contribution in [2.24, 2.45) is 0 Å². The summed E-state index contributed by atoms with van der Waals surface area (Å²) in [6, 6.07) is 17.6. The molecule has 2 heterocycles. The molecule has 1 aromatic heterocycles. The number of carboxylic acids is 1. The summed E-state index contributed by atoms with van der Waals surface area (Å²) in [7, 11) is 5.07. The monoisotopic (exact) mass is 630 g/mol. The number of halogens is 1. The summed E-state index contributed by atoms with van der Waals surface area (Å²) in [5, 5.41) is 12.6. The highest BCUT2D eigenvalue weighted by Gasteiger charge is 2.25. The van der Waals surface area contributed by atoms with Crippen molar-refractivity contribution < 1.29 is 33.3 Å². The smallest absolute Gasteiger partial charge is 0.421 e. The van der Waals surface area contributed by atoms with Crippen LogP contribution in [-0.2, 0) is 6.54 Å². The van der Waals surface area contributed by atoms with Gasteiger partial charge in [0.1, 0.15) is 34.4 Å². The van der Waals surface area contributed by atoms with E-state index >= 15 is 4.39 Å². The minimum absolute atomic E-state index is 0.0856. The van der Waals surface area contributed by atoms with Gasteiger partial charge in [-0.15, -0.1) is 0 Å². The number of hydrogen-bond donors (Lipinski definition) is 2. The molecule has 0 radical (unpaired) electrons. The molecule has 3 aromatic carbocycles. The van der Waals surface area contributed by atoms with Crippen molar-refractivity contribution in [3.05, 3.63) is 89.9 Å². The Balaban J connectivity index is 1.44. The first-order valence-electron chi connectivity index (χ1n) is 14.5. The summed E-state index contributed by atoms with van der Waals surface area (Å²) < 4.78 is 31.7. The molecule has 2 N–H and O–H groups in total. The number of para-hydroxylation sites is 1. The number of aromatic carboxylic acids is 1. The Kier molecular flexibility index (Phi) is 9.82. The van der Waals surface area contributed by atoms with Gasteiger partial charge in [-0.2, -0.15) is 4.98 Å². The zero-order chi connectivity index (χ0) is 32.8. The molecule has 1 atom stereocenters. The van der Waals surface area contributed by atoms with E-state index in [0.717, 1.165) is 13.1 Å². The Morgan fingerprint density at radius 3 is 2.57 bits per heavy atom. The first-order valence-corrected chi connectivity index (χ1v) is 14.5. The van der Waals surface area contributed by atoms with E-state index in [1.165, 1.54) is 55.6 Å². The first-order chi connectivity index (χ1) is 22.2. The van der Waals surface area contributed by atoms with E-state index in [9.17, 15) is 14.7 Å². The minimum Gasteiger partial charge on any atom is -0.497 e. The normalized spacial score (nSPS) is 14.8. The van der Waals surface area contributed by atoms with Gasteiger partial charge in [0.2, 0.25) is 5.95 Å². The number of ether oxygens (including phenoxy) is 3. The maximum atomic E-state index is 15.3. The number of benzene rings is 3. The molecule has 12 nitrogen and oxygen atoms in total. The third-order valence-electron chi connectivity index (χ3n) is 7.77. The highest BCUT2D eigenvalue weighted by atomic mass is 19.1. The van der Waals surface area contributed by atoms with Gasteiger partial charge in [0.25, 0.3) is 0 Å². The lowest BCUT2D eigenvalue weighted by Gasteiger charge is -2.39. The molecule has 1 unspecified atom stereocenters. The number of anilines is 4. The van der Waals surface area contributed by atoms with Crippen LogP contribution in [0.5, 0.6) is 17.2 Å². The number of methoxy groups -OCH3 is 2. The number of carboxylic acid groups (broad SMARTS) is 1. The van der Waals surface area contributed by atoms with Crippen LogP contribution in [0.3, 0.4) is 0 Å². The molecule has 0 bridgehead atoms. The van der Waals surface area contributed by atoms with E-state index in [4.69, 9.17) is 14.2 Å². The van der Waals surface area contributed by atoms with Crippen molar-refractivity contribution in [3.63, 3.8) is 0 Å². The second-order valence-corrected chi connectivity index (χ2v) is 10.7. The molecule has 1 saturated heterocycles. The van der Waals surface area contributed by atoms with Gasteiger partial charge in [-0.25, -0.2) is 19.0 Å². The van der Waals surface area contributed by atoms with Crippen molar-refractivity contribution in [1.29, 1.82) is 0 Å². The molecular formula is C33H35FN6O6. The molecule has 1 amide bonds. The summed E-state index contributed by atoms with van der Waals surface area (Å²) in [6.07, 6.45) is 0.537. The summed E-state index contributed by atoms with van der Waals surface area (Å²) >= 11 is 0. The van der Waals surface area contributed by atoms with E-state index in [-0.39, 0.29) is 35.4 Å². The fourth-order valence-electron chi connectivity index (χ4n) is 5.09. The lowest BCUT2D eigenvalue weighted by Crippen LogP contribution is -2.50. The molecule has 46 heavy (non-hydrogen) atoms. The second-order valence-electron chi connectivity index (χ2n) is 10.7. The Hall–Kier alpha value is -5.43. The predicted molar refractivity (Wildman–Crippen MR) is 171 cm³/mol. The standard InChI is InChI=1S/C33H35FN6O6/c1-21-19-39(16-15-38(21)2)27-11-9-23(18-26(27)34)36-32-35-14-13-30(37-32)40(20-22-17-24(44-3)10-12-28(22)45-4)33(43)46-29-8-6-5-7-25(29)31(41)42/h5-14,17-18,21H,15-16,19-20H2,1-4H3,(H,41,42)(H,35,36,37). The van der Waals surface area contributed by atoms with Crippen LogP contribution in [0, 0.1) is 5.82 Å². The van der Waals surface area contributed by atoms with Gasteiger partial charge in [-0.3, -0.25) is 4.90 Å². The van der Waals surface area contributed by atoms with E-state index < -0.39 is 12.1 Å². The number of nitrogens with zero attached hydrogens (tertiary/aromatic N) is 5. The van der Waals surface area contributed by atoms with Crippen LogP contribution in [0.15, 0.2) is 72.9 Å². The number of carbonyl (C=O) groups excluding carboxylic acids is 1. The zero-order valence-corrected chi connectivity index (χ0v) is 25.9. The van der Waals surface area contributed by atoms with Gasteiger partial charge >= 0.3 is 12.1 Å². The number of nitrogens with one attached hydrogen (secondary N) is 1. The van der Waals surface area contributed by atoms with Gasteiger partial charge in [-0.1, -0.05) is 12.1 Å². The lowest BCUT2D eigenvalue weighted by atomic mass is 10.1. The third-order valence-corrected chi connectivity index (χ3v) is 7.77. The fraction of sp³-hybridized carbons (Fsp3) is 0.273. The SMILES string of the molecule is COc1ccc(OC)c(CN(C(=O)Oc2ccccc2C(=O)O)c2ccnc(Nc3ccc(N4CCN(C)C(C)C4)c(F)c3)n2)c1. The first kappa shape index (κ1) is 32.0. The van der Waals surface area contributed by atoms with Crippen LogP contribution in [-0.4, -0.2) is 79.0 Å². The Labute approximate surface area is 266 Å². The van der Waals surface area contributed by atoms with Gasteiger partial charge < -0.3 is 34.4 Å². The third kappa shape index (κ3) is 7.26. The van der Waals surface area contributed by atoms with Crippen molar-refractivity contribution in [1.82, 2.24) is 14.9 Å². The number of rotatable bonds is 10. The number of likely N-dealkylation sites (N-methyl/N-ethyl adjacent to an activating group) is 1. The largest absolute Gasteiger partial charge is 0.497 e. The van der Waals surface area contributed by atoms with Gasteiger partial charge in [0, 0.05) is 43.1 Å². The highest BCUT2D eigenvalue weighted by molar-refractivity contribution is 5.94. The van der Waals surface area contributed by atoms with Crippen molar-refractivity contribution in [2.45, 2.75) is 19.5 Å². The van der Waals surface area contributed by atoms with Gasteiger partial charge in [0.15, 0.2) is 0 Å². The molecule has 0 saturated carbocycles. The molecule has 5 rings (SSSR count). The second kappa shape index (κ2) is 14.1. The molecular weight excluding hydrogens is 595 g/mol. The van der Waals surface area contributed by atoms with Crippen LogP contribution in [0.25, 0.3) is 0 Å². The molecule has 4 aromatic rings. The van der Waals surface area contributed by atoms with Gasteiger partial charge in [-0.05, 0) is 68.6 Å². The van der Waals surface area contributed by atoms with Crippen LogP contribution >= 0.6 is 0 Å². The molecule has 0 aliphatic carbocycles. The maximum Gasteiger partial charge on any atom is 0.421 e. The summed E-state index contributed by atoms with van der Waals surface area (Å²) in [6.45, 7) is 4.29. The molecule has 1 fully saturated rings. The molecule has 13 heteroatoms. The Morgan fingerprint density at radius 1 is 1.04 bits per heavy atom. The number of hydrogen-bond acceptors (Lipinski definition) is 10. The maximum absolute atomic E-state index is 15.3. The van der Waals surface area contributed by atoms with Crippen LogP contribution in [0.4, 0.5) is 32.3 Å². The summed E-state index contributed by atoms with van der Waals surface area (Å²) in [5.74, 6) is -0.545. The van der Waals surface area contributed by atoms with Gasteiger partial charge in [0.05, 0.1) is 26.5 Å².